The van der Waals surface area contributed by atoms with Crippen molar-refractivity contribution < 1.29 is 10.0 Å². The van der Waals surface area contributed by atoms with Gasteiger partial charge in [0.25, 0.3) is 0 Å². The molecule has 0 aliphatic carbocycles. The molecule has 2 N–H and O–H groups in total. The standard InChI is InChI=1S/C16H13ClN2O2/c17-13-6-2-3-7-14(13)18-16(20)9-11-10-19(21)15-8-4-1-5-12(11)15/h1-8,10,21H,9H2,(H,18,20). The Balaban J connectivity index is 1.82. The second-order valence-electron chi connectivity index (χ2n) is 4.72. The molecule has 106 valence electrons. The molecule has 0 atom stereocenters. The van der Waals surface area contributed by atoms with Crippen LogP contribution in [0.2, 0.25) is 5.02 Å². The van der Waals surface area contributed by atoms with Crippen molar-refractivity contribution in [1.29, 1.82) is 0 Å². The van der Waals surface area contributed by atoms with Crippen LogP contribution < -0.4 is 5.32 Å². The van der Waals surface area contributed by atoms with E-state index in [-0.39, 0.29) is 12.3 Å². The van der Waals surface area contributed by atoms with Crippen LogP contribution in [0.5, 0.6) is 0 Å². The predicted octanol–water partition coefficient (Wildman–Crippen LogP) is 3.71. The lowest BCUT2D eigenvalue weighted by atomic mass is 10.1. The highest BCUT2D eigenvalue weighted by atomic mass is 35.5. The molecule has 0 aliphatic rings. The molecule has 3 aromatic rings. The van der Waals surface area contributed by atoms with E-state index < -0.39 is 0 Å². The lowest BCUT2D eigenvalue weighted by Gasteiger charge is -2.06. The molecule has 0 unspecified atom stereocenters. The number of halogens is 1. The SMILES string of the molecule is O=C(Cc1cn(O)c2ccccc12)Nc1ccccc1Cl. The van der Waals surface area contributed by atoms with Crippen LogP contribution in [-0.2, 0) is 11.2 Å². The van der Waals surface area contributed by atoms with Gasteiger partial charge in [-0.25, -0.2) is 0 Å². The van der Waals surface area contributed by atoms with Gasteiger partial charge in [-0.1, -0.05) is 41.9 Å². The lowest BCUT2D eigenvalue weighted by molar-refractivity contribution is -0.115. The minimum absolute atomic E-state index is 0.166. The summed E-state index contributed by atoms with van der Waals surface area (Å²) >= 11 is 6.01. The highest BCUT2D eigenvalue weighted by Crippen LogP contribution is 2.23. The number of hydrogen-bond donors (Lipinski definition) is 2. The maximum atomic E-state index is 12.1. The molecule has 0 spiro atoms. The molecule has 1 amide bonds. The van der Waals surface area contributed by atoms with Gasteiger partial charge < -0.3 is 10.5 Å². The number of carbonyl (C=O) groups is 1. The highest BCUT2D eigenvalue weighted by Gasteiger charge is 2.12. The predicted molar refractivity (Wildman–Crippen MR) is 82.9 cm³/mol. The number of rotatable bonds is 3. The lowest BCUT2D eigenvalue weighted by Crippen LogP contribution is -2.14. The Morgan fingerprint density at radius 3 is 2.67 bits per heavy atom. The molecule has 0 saturated heterocycles. The number of benzene rings is 2. The van der Waals surface area contributed by atoms with Gasteiger partial charge in [0.1, 0.15) is 0 Å². The van der Waals surface area contributed by atoms with Gasteiger partial charge in [-0.05, 0) is 23.8 Å². The molecular formula is C16H13ClN2O2. The van der Waals surface area contributed by atoms with Crippen molar-refractivity contribution in [2.45, 2.75) is 6.42 Å². The molecule has 0 radical (unpaired) electrons. The van der Waals surface area contributed by atoms with E-state index in [4.69, 9.17) is 11.6 Å². The summed E-state index contributed by atoms with van der Waals surface area (Å²) in [6, 6.07) is 14.5. The van der Waals surface area contributed by atoms with Crippen molar-refractivity contribution in [2.24, 2.45) is 0 Å². The molecule has 0 fully saturated rings. The minimum atomic E-state index is -0.181. The number of fused-ring (bicyclic) bond motifs is 1. The maximum absolute atomic E-state index is 12.1. The number of amides is 1. The number of carbonyl (C=O) groups excluding carboxylic acids is 1. The first kappa shape index (κ1) is 13.5. The van der Waals surface area contributed by atoms with E-state index in [1.165, 1.54) is 0 Å². The first-order valence-corrected chi connectivity index (χ1v) is 6.85. The largest absolute Gasteiger partial charge is 0.428 e. The number of hydrogen-bond acceptors (Lipinski definition) is 2. The molecule has 2 aromatic carbocycles. The van der Waals surface area contributed by atoms with Crippen LogP contribution in [0.3, 0.4) is 0 Å². The molecule has 1 heterocycles. The maximum Gasteiger partial charge on any atom is 0.228 e. The summed E-state index contributed by atoms with van der Waals surface area (Å²) < 4.78 is 1.04. The van der Waals surface area contributed by atoms with Gasteiger partial charge in [-0.2, -0.15) is 4.73 Å². The van der Waals surface area contributed by atoms with E-state index >= 15 is 0 Å². The van der Waals surface area contributed by atoms with E-state index in [1.807, 2.05) is 18.2 Å². The Morgan fingerprint density at radius 1 is 1.14 bits per heavy atom. The van der Waals surface area contributed by atoms with Crippen molar-refractivity contribution in [1.82, 2.24) is 4.73 Å². The van der Waals surface area contributed by atoms with Gasteiger partial charge >= 0.3 is 0 Å². The normalized spacial score (nSPS) is 10.7. The third-order valence-electron chi connectivity index (χ3n) is 3.27. The van der Waals surface area contributed by atoms with Crippen LogP contribution in [0.25, 0.3) is 10.9 Å². The Kier molecular flexibility index (Phi) is 3.54. The van der Waals surface area contributed by atoms with Gasteiger partial charge in [-0.15, -0.1) is 0 Å². The van der Waals surface area contributed by atoms with E-state index in [9.17, 15) is 10.0 Å². The topological polar surface area (TPSA) is 54.3 Å². The minimum Gasteiger partial charge on any atom is -0.428 e. The van der Waals surface area contributed by atoms with Gasteiger partial charge in [0.05, 0.1) is 22.6 Å². The monoisotopic (exact) mass is 300 g/mol. The smallest absolute Gasteiger partial charge is 0.228 e. The average Bonchev–Trinajstić information content (AvgIpc) is 2.79. The van der Waals surface area contributed by atoms with Gasteiger partial charge in [0, 0.05) is 11.6 Å². The summed E-state index contributed by atoms with van der Waals surface area (Å²) in [6.45, 7) is 0. The van der Waals surface area contributed by atoms with E-state index in [1.54, 1.807) is 36.5 Å². The summed E-state index contributed by atoms with van der Waals surface area (Å²) in [4.78, 5) is 12.1. The first-order valence-electron chi connectivity index (χ1n) is 6.48. The number of nitrogens with one attached hydrogen (secondary N) is 1. The summed E-state index contributed by atoms with van der Waals surface area (Å²) in [5.41, 5.74) is 2.02. The molecule has 0 saturated carbocycles. The fourth-order valence-electron chi connectivity index (χ4n) is 2.30. The van der Waals surface area contributed by atoms with Crippen LogP contribution >= 0.6 is 11.6 Å². The molecule has 21 heavy (non-hydrogen) atoms. The summed E-state index contributed by atoms with van der Waals surface area (Å²) in [5.74, 6) is -0.181. The van der Waals surface area contributed by atoms with E-state index in [0.29, 0.717) is 16.2 Å². The van der Waals surface area contributed by atoms with Gasteiger partial charge in [0.2, 0.25) is 5.91 Å². The van der Waals surface area contributed by atoms with E-state index in [2.05, 4.69) is 5.32 Å². The fourth-order valence-corrected chi connectivity index (χ4v) is 2.49. The molecule has 0 bridgehead atoms. The molecular weight excluding hydrogens is 288 g/mol. The Morgan fingerprint density at radius 2 is 1.86 bits per heavy atom. The van der Waals surface area contributed by atoms with Crippen LogP contribution in [0.15, 0.2) is 54.7 Å². The van der Waals surface area contributed by atoms with Crippen molar-refractivity contribution >= 4 is 34.1 Å². The third-order valence-corrected chi connectivity index (χ3v) is 3.60. The molecule has 4 nitrogen and oxygen atoms in total. The van der Waals surface area contributed by atoms with Gasteiger partial charge in [-0.3, -0.25) is 4.79 Å². The number of aromatic nitrogens is 1. The van der Waals surface area contributed by atoms with Crippen LogP contribution in [0.4, 0.5) is 5.69 Å². The third kappa shape index (κ3) is 2.71. The second kappa shape index (κ2) is 5.50. The van der Waals surface area contributed by atoms with E-state index in [0.717, 1.165) is 15.7 Å². The number of nitrogens with zero attached hydrogens (tertiary/aromatic N) is 1. The van der Waals surface area contributed by atoms with Crippen molar-refractivity contribution in [2.75, 3.05) is 5.32 Å². The van der Waals surface area contributed by atoms with Crippen molar-refractivity contribution in [3.63, 3.8) is 0 Å². The van der Waals surface area contributed by atoms with Crippen LogP contribution in [0.1, 0.15) is 5.56 Å². The number of para-hydroxylation sites is 2. The number of anilines is 1. The highest BCUT2D eigenvalue weighted by molar-refractivity contribution is 6.33. The molecule has 1 aromatic heterocycles. The van der Waals surface area contributed by atoms with Crippen molar-refractivity contribution in [3.05, 3.63) is 65.3 Å². The fraction of sp³-hybridized carbons (Fsp3) is 0.0625. The average molecular weight is 301 g/mol. The van der Waals surface area contributed by atoms with Gasteiger partial charge in [0.15, 0.2) is 0 Å². The zero-order valence-corrected chi connectivity index (χ0v) is 11.8. The Hall–Kier alpha value is -2.46. The van der Waals surface area contributed by atoms with Crippen molar-refractivity contribution in [3.8, 4) is 0 Å². The zero-order chi connectivity index (χ0) is 14.8. The van der Waals surface area contributed by atoms with Crippen LogP contribution in [0, 0.1) is 0 Å². The summed E-state index contributed by atoms with van der Waals surface area (Å²) in [6.07, 6.45) is 1.72. The Labute approximate surface area is 126 Å². The quantitative estimate of drug-likeness (QED) is 0.724. The summed E-state index contributed by atoms with van der Waals surface area (Å²) in [7, 11) is 0. The van der Waals surface area contributed by atoms with Crippen LogP contribution in [-0.4, -0.2) is 15.8 Å². The second-order valence-corrected chi connectivity index (χ2v) is 5.13. The molecule has 0 aliphatic heterocycles. The molecule has 3 rings (SSSR count). The first-order chi connectivity index (χ1) is 10.1. The summed E-state index contributed by atoms with van der Waals surface area (Å²) in [5, 5.41) is 13.9. The molecule has 5 heteroatoms. The zero-order valence-electron chi connectivity index (χ0n) is 11.1. The Bertz CT molecular complexity index is 811.